The van der Waals surface area contributed by atoms with E-state index >= 15 is 0 Å². The van der Waals surface area contributed by atoms with Gasteiger partial charge in [0.1, 0.15) is 11.4 Å². The Morgan fingerprint density at radius 2 is 2.05 bits per heavy atom. The number of rotatable bonds is 3. The van der Waals surface area contributed by atoms with Crippen LogP contribution in [0.25, 0.3) is 10.9 Å². The van der Waals surface area contributed by atoms with Crippen LogP contribution in [-0.2, 0) is 7.05 Å². The Bertz CT molecular complexity index is 749. The molecule has 19 heavy (non-hydrogen) atoms. The van der Waals surface area contributed by atoms with Crippen molar-refractivity contribution in [2.24, 2.45) is 7.05 Å². The van der Waals surface area contributed by atoms with Crippen LogP contribution in [0, 0.1) is 0 Å². The van der Waals surface area contributed by atoms with E-state index in [4.69, 9.17) is 4.74 Å². The van der Waals surface area contributed by atoms with E-state index < -0.39 is 0 Å². The fraction of sp³-hybridized carbons (Fsp3) is 0.0714. The quantitative estimate of drug-likeness (QED) is 0.673. The predicted octanol–water partition coefficient (Wildman–Crippen LogP) is 2.57. The third kappa shape index (κ3) is 2.06. The SMILES string of the molecule is Cn1c(C=O)cnc1Oc1cnc2ccccc2c1. The number of carbonyl (C=O) groups is 1. The number of hydrogen-bond acceptors (Lipinski definition) is 4. The minimum atomic E-state index is 0.360. The van der Waals surface area contributed by atoms with Crippen molar-refractivity contribution in [3.63, 3.8) is 0 Å². The zero-order chi connectivity index (χ0) is 13.2. The van der Waals surface area contributed by atoms with Crippen molar-refractivity contribution < 1.29 is 9.53 Å². The first-order valence-electron chi connectivity index (χ1n) is 5.77. The summed E-state index contributed by atoms with van der Waals surface area (Å²) in [5.74, 6) is 0.588. The van der Waals surface area contributed by atoms with Crippen molar-refractivity contribution in [1.82, 2.24) is 14.5 Å². The Kier molecular flexibility index (Phi) is 2.72. The van der Waals surface area contributed by atoms with Crippen LogP contribution < -0.4 is 4.74 Å². The highest BCUT2D eigenvalue weighted by Crippen LogP contribution is 2.23. The molecule has 0 N–H and O–H groups in total. The summed E-state index contributed by atoms with van der Waals surface area (Å²) in [5, 5.41) is 0.991. The molecule has 0 saturated heterocycles. The van der Waals surface area contributed by atoms with Crippen LogP contribution in [-0.4, -0.2) is 20.8 Å². The van der Waals surface area contributed by atoms with Gasteiger partial charge in [-0.1, -0.05) is 18.2 Å². The van der Waals surface area contributed by atoms with Gasteiger partial charge in [0.25, 0.3) is 0 Å². The molecule has 2 aromatic heterocycles. The maximum Gasteiger partial charge on any atom is 0.302 e. The number of ether oxygens (including phenoxy) is 1. The first-order chi connectivity index (χ1) is 9.28. The van der Waals surface area contributed by atoms with Gasteiger partial charge in [0.05, 0.1) is 17.9 Å². The molecule has 1 aromatic carbocycles. The molecule has 0 radical (unpaired) electrons. The average molecular weight is 253 g/mol. The van der Waals surface area contributed by atoms with Gasteiger partial charge in [-0.25, -0.2) is 4.98 Å². The Labute approximate surface area is 109 Å². The lowest BCUT2D eigenvalue weighted by Gasteiger charge is -2.06. The van der Waals surface area contributed by atoms with Crippen LogP contribution in [0.5, 0.6) is 11.8 Å². The standard InChI is InChI=1S/C14H11N3O2/c1-17-11(9-18)7-16-14(17)19-12-6-10-4-2-3-5-13(10)15-8-12/h2-9H,1H3. The third-order valence-corrected chi connectivity index (χ3v) is 2.88. The van der Waals surface area contributed by atoms with E-state index in [1.54, 1.807) is 17.8 Å². The first kappa shape index (κ1) is 11.4. The molecule has 0 aliphatic rings. The van der Waals surface area contributed by atoms with Crippen LogP contribution in [0.4, 0.5) is 0 Å². The smallest absolute Gasteiger partial charge is 0.302 e. The van der Waals surface area contributed by atoms with Gasteiger partial charge in [-0.05, 0) is 12.1 Å². The summed E-state index contributed by atoms with van der Waals surface area (Å²) in [7, 11) is 1.72. The minimum Gasteiger partial charge on any atom is -0.424 e. The van der Waals surface area contributed by atoms with Gasteiger partial charge < -0.3 is 4.74 Å². The van der Waals surface area contributed by atoms with E-state index in [9.17, 15) is 4.79 Å². The highest BCUT2D eigenvalue weighted by atomic mass is 16.5. The molecular weight excluding hydrogens is 242 g/mol. The fourth-order valence-electron chi connectivity index (χ4n) is 1.82. The fourth-order valence-corrected chi connectivity index (χ4v) is 1.82. The number of para-hydroxylation sites is 1. The second kappa shape index (κ2) is 4.53. The summed E-state index contributed by atoms with van der Waals surface area (Å²) >= 11 is 0. The summed E-state index contributed by atoms with van der Waals surface area (Å²) in [5.41, 5.74) is 1.37. The first-order valence-corrected chi connectivity index (χ1v) is 5.77. The number of hydrogen-bond donors (Lipinski definition) is 0. The van der Waals surface area contributed by atoms with Crippen molar-refractivity contribution in [3.8, 4) is 11.8 Å². The topological polar surface area (TPSA) is 57.0 Å². The summed E-state index contributed by atoms with van der Waals surface area (Å²) in [4.78, 5) is 19.1. The van der Waals surface area contributed by atoms with E-state index in [2.05, 4.69) is 9.97 Å². The average Bonchev–Trinajstić information content (AvgIpc) is 2.79. The summed E-state index contributed by atoms with van der Waals surface area (Å²) in [6.45, 7) is 0. The van der Waals surface area contributed by atoms with Gasteiger partial charge in [0.15, 0.2) is 6.29 Å². The zero-order valence-electron chi connectivity index (χ0n) is 10.3. The van der Waals surface area contributed by atoms with Crippen molar-refractivity contribution in [3.05, 3.63) is 48.4 Å². The number of carbonyl (C=O) groups excluding carboxylic acids is 1. The molecule has 0 unspecified atom stereocenters. The molecule has 3 aromatic rings. The number of aromatic nitrogens is 3. The molecular formula is C14H11N3O2. The van der Waals surface area contributed by atoms with Gasteiger partial charge >= 0.3 is 6.01 Å². The second-order valence-corrected chi connectivity index (χ2v) is 4.11. The molecule has 0 atom stereocenters. The van der Waals surface area contributed by atoms with Gasteiger partial charge in [0, 0.05) is 12.4 Å². The van der Waals surface area contributed by atoms with Gasteiger partial charge in [-0.2, -0.15) is 0 Å². The molecule has 0 aliphatic heterocycles. The van der Waals surface area contributed by atoms with Crippen molar-refractivity contribution >= 4 is 17.2 Å². The molecule has 2 heterocycles. The molecule has 0 saturated carbocycles. The monoisotopic (exact) mass is 253 g/mol. The van der Waals surface area contributed by atoms with Crippen LogP contribution in [0.1, 0.15) is 10.5 Å². The van der Waals surface area contributed by atoms with E-state index in [1.807, 2.05) is 30.3 Å². The molecule has 5 nitrogen and oxygen atoms in total. The van der Waals surface area contributed by atoms with Crippen LogP contribution >= 0.6 is 0 Å². The maximum atomic E-state index is 10.7. The normalized spacial score (nSPS) is 10.6. The number of imidazole rings is 1. The summed E-state index contributed by atoms with van der Waals surface area (Å²) in [6, 6.07) is 10.0. The third-order valence-electron chi connectivity index (χ3n) is 2.88. The van der Waals surface area contributed by atoms with Gasteiger partial charge in [-0.3, -0.25) is 14.3 Å². The number of pyridine rings is 1. The Morgan fingerprint density at radius 3 is 2.84 bits per heavy atom. The molecule has 0 amide bonds. The van der Waals surface area contributed by atoms with Crippen molar-refractivity contribution in [2.45, 2.75) is 0 Å². The van der Waals surface area contributed by atoms with Crippen molar-refractivity contribution in [1.29, 1.82) is 0 Å². The molecule has 0 spiro atoms. The van der Waals surface area contributed by atoms with E-state index in [-0.39, 0.29) is 0 Å². The number of benzene rings is 1. The summed E-state index contributed by atoms with van der Waals surface area (Å²) < 4.78 is 7.22. The Morgan fingerprint density at radius 1 is 1.21 bits per heavy atom. The van der Waals surface area contributed by atoms with E-state index in [0.717, 1.165) is 17.2 Å². The Hall–Kier alpha value is -2.69. The molecule has 5 heteroatoms. The largest absolute Gasteiger partial charge is 0.424 e. The summed E-state index contributed by atoms with van der Waals surface area (Å²) in [6.07, 6.45) is 3.84. The maximum absolute atomic E-state index is 10.7. The minimum absolute atomic E-state index is 0.360. The second-order valence-electron chi connectivity index (χ2n) is 4.11. The molecule has 0 bridgehead atoms. The molecule has 0 aliphatic carbocycles. The van der Waals surface area contributed by atoms with Crippen LogP contribution in [0.2, 0.25) is 0 Å². The van der Waals surface area contributed by atoms with Crippen molar-refractivity contribution in [2.75, 3.05) is 0 Å². The van der Waals surface area contributed by atoms with E-state index in [0.29, 0.717) is 17.5 Å². The lowest BCUT2D eigenvalue weighted by atomic mass is 10.2. The van der Waals surface area contributed by atoms with E-state index in [1.165, 1.54) is 6.20 Å². The highest BCUT2D eigenvalue weighted by Gasteiger charge is 2.08. The van der Waals surface area contributed by atoms with Crippen LogP contribution in [0.3, 0.4) is 0 Å². The molecule has 0 fully saturated rings. The molecule has 3 rings (SSSR count). The lowest BCUT2D eigenvalue weighted by molar-refractivity contribution is 0.111. The highest BCUT2D eigenvalue weighted by molar-refractivity contribution is 5.79. The number of fused-ring (bicyclic) bond motifs is 1. The number of aldehydes is 1. The number of nitrogens with zero attached hydrogens (tertiary/aromatic N) is 3. The predicted molar refractivity (Wildman–Crippen MR) is 70.4 cm³/mol. The lowest BCUT2D eigenvalue weighted by Crippen LogP contribution is -1.98. The van der Waals surface area contributed by atoms with Gasteiger partial charge in [0.2, 0.25) is 0 Å². The zero-order valence-corrected chi connectivity index (χ0v) is 10.3. The van der Waals surface area contributed by atoms with Crippen LogP contribution in [0.15, 0.2) is 42.7 Å². The Balaban J connectivity index is 1.96. The molecule has 94 valence electrons. The van der Waals surface area contributed by atoms with Gasteiger partial charge in [-0.15, -0.1) is 0 Å².